The molecule has 2 aliphatic carbocycles. The lowest BCUT2D eigenvalue weighted by Crippen LogP contribution is -2.35. The lowest BCUT2D eigenvalue weighted by molar-refractivity contribution is 0.274. The predicted molar refractivity (Wildman–Crippen MR) is 66.6 cm³/mol. The summed E-state index contributed by atoms with van der Waals surface area (Å²) >= 11 is 0. The van der Waals surface area contributed by atoms with Gasteiger partial charge in [-0.3, -0.25) is 4.68 Å². The lowest BCUT2D eigenvalue weighted by Gasteiger charge is -2.28. The summed E-state index contributed by atoms with van der Waals surface area (Å²) in [5, 5.41) is 12.0. The largest absolute Gasteiger partial charge is 0.313 e. The van der Waals surface area contributed by atoms with Gasteiger partial charge in [-0.15, -0.1) is 5.10 Å². The average molecular weight is 234 g/mol. The van der Waals surface area contributed by atoms with E-state index in [-0.39, 0.29) is 0 Å². The fraction of sp³-hybridized carbons (Fsp3) is 0.846. The van der Waals surface area contributed by atoms with Crippen LogP contribution in [-0.4, -0.2) is 27.6 Å². The second kappa shape index (κ2) is 4.41. The van der Waals surface area contributed by atoms with Crippen molar-refractivity contribution in [1.82, 2.24) is 20.3 Å². The van der Waals surface area contributed by atoms with Crippen molar-refractivity contribution in [1.29, 1.82) is 0 Å². The van der Waals surface area contributed by atoms with Crippen molar-refractivity contribution in [3.63, 3.8) is 0 Å². The van der Waals surface area contributed by atoms with Gasteiger partial charge in [-0.05, 0) is 37.5 Å². The highest BCUT2D eigenvalue weighted by Crippen LogP contribution is 2.40. The Kier molecular flexibility index (Phi) is 2.90. The highest BCUT2D eigenvalue weighted by molar-refractivity contribution is 5.02. The van der Waals surface area contributed by atoms with Crippen molar-refractivity contribution in [2.75, 3.05) is 6.54 Å². The molecule has 0 aromatic carbocycles. The molecule has 0 radical (unpaired) electrons. The highest BCUT2D eigenvalue weighted by atomic mass is 15.4. The highest BCUT2D eigenvalue weighted by Gasteiger charge is 2.36. The third-order valence-corrected chi connectivity index (χ3v) is 4.21. The van der Waals surface area contributed by atoms with Gasteiger partial charge in [0, 0.05) is 25.8 Å². The van der Waals surface area contributed by atoms with Crippen LogP contribution in [0, 0.1) is 5.41 Å². The fourth-order valence-corrected chi connectivity index (χ4v) is 3.05. The van der Waals surface area contributed by atoms with E-state index in [4.69, 9.17) is 0 Å². The molecule has 17 heavy (non-hydrogen) atoms. The van der Waals surface area contributed by atoms with Crippen LogP contribution in [0.4, 0.5) is 0 Å². The van der Waals surface area contributed by atoms with Crippen LogP contribution >= 0.6 is 0 Å². The van der Waals surface area contributed by atoms with Crippen LogP contribution in [0.25, 0.3) is 0 Å². The van der Waals surface area contributed by atoms with E-state index in [1.165, 1.54) is 45.1 Å². The Morgan fingerprint density at radius 3 is 2.76 bits per heavy atom. The van der Waals surface area contributed by atoms with Gasteiger partial charge in [-0.2, -0.15) is 0 Å². The fourth-order valence-electron chi connectivity index (χ4n) is 3.05. The zero-order valence-corrected chi connectivity index (χ0v) is 10.7. The van der Waals surface area contributed by atoms with Crippen LogP contribution in [0.1, 0.15) is 44.2 Å². The van der Waals surface area contributed by atoms with Gasteiger partial charge in [-0.25, -0.2) is 0 Å². The standard InChI is InChI=1S/C13H22N4/c1-17-9-12(15-16-17)8-13(6-2-3-7-13)10-14-11-4-5-11/h9,11,14H,2-8,10H2,1H3. The van der Waals surface area contributed by atoms with Gasteiger partial charge in [0.25, 0.3) is 0 Å². The van der Waals surface area contributed by atoms with Gasteiger partial charge >= 0.3 is 0 Å². The molecule has 0 bridgehead atoms. The number of aryl methyl sites for hydroxylation is 1. The molecule has 0 unspecified atom stereocenters. The first-order chi connectivity index (χ1) is 8.26. The van der Waals surface area contributed by atoms with E-state index in [0.717, 1.165) is 18.2 Å². The molecule has 0 spiro atoms. The van der Waals surface area contributed by atoms with E-state index < -0.39 is 0 Å². The Morgan fingerprint density at radius 2 is 2.18 bits per heavy atom. The summed E-state index contributed by atoms with van der Waals surface area (Å²) in [5.41, 5.74) is 1.62. The van der Waals surface area contributed by atoms with Crippen LogP contribution in [0.2, 0.25) is 0 Å². The molecule has 94 valence electrons. The van der Waals surface area contributed by atoms with Crippen molar-refractivity contribution in [2.45, 2.75) is 51.0 Å². The van der Waals surface area contributed by atoms with Crippen LogP contribution in [0.3, 0.4) is 0 Å². The molecule has 4 heteroatoms. The Balaban J connectivity index is 1.65. The van der Waals surface area contributed by atoms with E-state index in [2.05, 4.69) is 21.8 Å². The molecule has 3 rings (SSSR count). The summed E-state index contributed by atoms with van der Waals surface area (Å²) in [6.07, 6.45) is 11.4. The first-order valence-corrected chi connectivity index (χ1v) is 6.84. The molecule has 0 saturated heterocycles. The summed E-state index contributed by atoms with van der Waals surface area (Å²) in [7, 11) is 1.94. The minimum absolute atomic E-state index is 0.457. The van der Waals surface area contributed by atoms with E-state index in [0.29, 0.717) is 5.41 Å². The molecular formula is C13H22N4. The third kappa shape index (κ3) is 2.68. The van der Waals surface area contributed by atoms with E-state index in [1.54, 1.807) is 0 Å². The molecule has 0 aliphatic heterocycles. The number of hydrogen-bond acceptors (Lipinski definition) is 3. The topological polar surface area (TPSA) is 42.7 Å². The van der Waals surface area contributed by atoms with Crippen LogP contribution in [0.5, 0.6) is 0 Å². The third-order valence-electron chi connectivity index (χ3n) is 4.21. The minimum Gasteiger partial charge on any atom is -0.313 e. The molecular weight excluding hydrogens is 212 g/mol. The summed E-state index contributed by atoms with van der Waals surface area (Å²) in [6, 6.07) is 0.814. The second-order valence-electron chi connectivity index (χ2n) is 5.92. The van der Waals surface area contributed by atoms with Crippen LogP contribution in [0.15, 0.2) is 6.20 Å². The normalized spacial score (nSPS) is 23.1. The zero-order chi connectivity index (χ0) is 11.7. The van der Waals surface area contributed by atoms with Crippen LogP contribution in [-0.2, 0) is 13.5 Å². The average Bonchev–Trinajstić information content (AvgIpc) is 2.90. The lowest BCUT2D eigenvalue weighted by atomic mass is 9.81. The molecule has 2 aliphatic rings. The predicted octanol–water partition coefficient (Wildman–Crippen LogP) is 1.67. The summed E-state index contributed by atoms with van der Waals surface area (Å²) in [6.45, 7) is 1.17. The van der Waals surface area contributed by atoms with Crippen molar-refractivity contribution in [3.05, 3.63) is 11.9 Å². The quantitative estimate of drug-likeness (QED) is 0.842. The summed E-state index contributed by atoms with van der Waals surface area (Å²) < 4.78 is 1.81. The molecule has 1 N–H and O–H groups in total. The van der Waals surface area contributed by atoms with E-state index in [1.807, 2.05) is 11.7 Å². The molecule has 4 nitrogen and oxygen atoms in total. The minimum atomic E-state index is 0.457. The van der Waals surface area contributed by atoms with Gasteiger partial charge in [0.1, 0.15) is 0 Å². The Hall–Kier alpha value is -0.900. The molecule has 0 atom stereocenters. The second-order valence-corrected chi connectivity index (χ2v) is 5.92. The molecule has 2 fully saturated rings. The number of hydrogen-bond donors (Lipinski definition) is 1. The summed E-state index contributed by atoms with van der Waals surface area (Å²) in [5.74, 6) is 0. The maximum Gasteiger partial charge on any atom is 0.0833 e. The Morgan fingerprint density at radius 1 is 1.41 bits per heavy atom. The maximum atomic E-state index is 4.25. The molecule has 1 aromatic rings. The van der Waals surface area contributed by atoms with Crippen LogP contribution < -0.4 is 5.32 Å². The van der Waals surface area contributed by atoms with Gasteiger partial charge in [0.2, 0.25) is 0 Å². The molecule has 0 amide bonds. The number of aromatic nitrogens is 3. The SMILES string of the molecule is Cn1cc(CC2(CNC3CC3)CCCC2)nn1. The van der Waals surface area contributed by atoms with E-state index in [9.17, 15) is 0 Å². The first-order valence-electron chi connectivity index (χ1n) is 6.84. The van der Waals surface area contributed by atoms with Crippen molar-refractivity contribution >= 4 is 0 Å². The van der Waals surface area contributed by atoms with Gasteiger partial charge in [-0.1, -0.05) is 18.1 Å². The van der Waals surface area contributed by atoms with Crippen molar-refractivity contribution in [3.8, 4) is 0 Å². The van der Waals surface area contributed by atoms with Crippen molar-refractivity contribution < 1.29 is 0 Å². The Labute approximate surface area is 103 Å². The first kappa shape index (κ1) is 11.2. The molecule has 2 saturated carbocycles. The molecule has 1 heterocycles. The number of nitrogens with one attached hydrogen (secondary N) is 1. The summed E-state index contributed by atoms with van der Waals surface area (Å²) in [4.78, 5) is 0. The van der Waals surface area contributed by atoms with Crippen molar-refractivity contribution in [2.24, 2.45) is 12.5 Å². The van der Waals surface area contributed by atoms with E-state index >= 15 is 0 Å². The molecule has 1 aromatic heterocycles. The monoisotopic (exact) mass is 234 g/mol. The van der Waals surface area contributed by atoms with Gasteiger partial charge < -0.3 is 5.32 Å². The smallest absolute Gasteiger partial charge is 0.0833 e. The Bertz CT molecular complexity index is 375. The number of rotatable bonds is 5. The maximum absolute atomic E-state index is 4.25. The number of nitrogens with zero attached hydrogens (tertiary/aromatic N) is 3. The van der Waals surface area contributed by atoms with Gasteiger partial charge in [0.15, 0.2) is 0 Å². The van der Waals surface area contributed by atoms with Gasteiger partial charge in [0.05, 0.1) is 5.69 Å². The zero-order valence-electron chi connectivity index (χ0n) is 10.7.